The number of aromatic nitrogens is 6. The van der Waals surface area contributed by atoms with Gasteiger partial charge in [0, 0.05) is 29.4 Å². The fraction of sp³-hybridized carbons (Fsp3) is 0.231. The van der Waals surface area contributed by atoms with E-state index >= 15 is 0 Å². The number of anilines is 1. The van der Waals surface area contributed by atoms with E-state index < -0.39 is 17.8 Å². The fourth-order valence-corrected chi connectivity index (χ4v) is 4.57. The van der Waals surface area contributed by atoms with Gasteiger partial charge in [0.15, 0.2) is 11.5 Å². The van der Waals surface area contributed by atoms with Crippen LogP contribution in [-0.2, 0) is 4.79 Å². The van der Waals surface area contributed by atoms with E-state index in [-0.39, 0.29) is 16.3 Å². The average Bonchev–Trinajstić information content (AvgIpc) is 3.61. The van der Waals surface area contributed by atoms with Gasteiger partial charge in [0.05, 0.1) is 22.4 Å². The van der Waals surface area contributed by atoms with Crippen LogP contribution in [0.1, 0.15) is 48.8 Å². The Morgan fingerprint density at radius 3 is 2.92 bits per heavy atom. The molecule has 38 heavy (non-hydrogen) atoms. The second kappa shape index (κ2) is 11.2. The molecule has 10 nitrogen and oxygen atoms in total. The number of nitriles is 1. The fourth-order valence-electron chi connectivity index (χ4n) is 4.40. The third-order valence-electron chi connectivity index (χ3n) is 6.26. The number of imidazole rings is 1. The molecule has 0 spiro atoms. The smallest absolute Gasteiger partial charge is 0.244 e. The first-order valence-electron chi connectivity index (χ1n) is 12.1. The number of rotatable bonds is 4. The summed E-state index contributed by atoms with van der Waals surface area (Å²) in [4.78, 5) is 20.8. The number of aromatic amines is 1. The molecule has 2 bridgehead atoms. The van der Waals surface area contributed by atoms with Crippen LogP contribution in [0.15, 0.2) is 48.8 Å². The van der Waals surface area contributed by atoms with E-state index in [1.54, 1.807) is 6.07 Å². The maximum Gasteiger partial charge on any atom is 0.244 e. The minimum Gasteiger partial charge on any atom is -0.384 e. The highest BCUT2D eigenvalue weighted by atomic mass is 35.5. The van der Waals surface area contributed by atoms with Crippen LogP contribution in [0.4, 0.5) is 10.1 Å². The van der Waals surface area contributed by atoms with Crippen molar-refractivity contribution in [1.82, 2.24) is 35.5 Å². The third kappa shape index (κ3) is 5.26. The van der Waals surface area contributed by atoms with E-state index in [4.69, 9.17) is 11.6 Å². The molecule has 0 fully saturated rings. The summed E-state index contributed by atoms with van der Waals surface area (Å²) in [7, 11) is 0. The number of nitrogens with zero attached hydrogens (tertiary/aromatic N) is 6. The topological polar surface area (TPSA) is 137 Å². The Morgan fingerprint density at radius 1 is 1.24 bits per heavy atom. The van der Waals surface area contributed by atoms with Gasteiger partial charge in [0.1, 0.15) is 18.2 Å². The summed E-state index contributed by atoms with van der Waals surface area (Å²) in [6.07, 6.45) is 7.22. The quantitative estimate of drug-likeness (QED) is 0.328. The number of benzene rings is 2. The molecule has 3 heterocycles. The molecule has 5 rings (SSSR count). The van der Waals surface area contributed by atoms with Gasteiger partial charge >= 0.3 is 0 Å². The normalized spacial score (nSPS) is 15.6. The van der Waals surface area contributed by atoms with Gasteiger partial charge in [-0.25, -0.2) is 9.37 Å². The molecule has 12 heteroatoms. The summed E-state index contributed by atoms with van der Waals surface area (Å²) in [5, 5.41) is 27.0. The molecule has 0 saturated carbocycles. The van der Waals surface area contributed by atoms with Crippen molar-refractivity contribution in [2.24, 2.45) is 0 Å². The van der Waals surface area contributed by atoms with Gasteiger partial charge in [-0.15, -0.1) is 5.10 Å². The number of fused-ring (bicyclic) bond motifs is 4. The van der Waals surface area contributed by atoms with Crippen molar-refractivity contribution in [2.45, 2.75) is 31.7 Å². The molecular weight excluding hydrogens is 509 g/mol. The van der Waals surface area contributed by atoms with Crippen LogP contribution in [-0.4, -0.2) is 42.6 Å². The predicted octanol–water partition coefficient (Wildman–Crippen LogP) is 4.57. The van der Waals surface area contributed by atoms with Gasteiger partial charge in [-0.2, -0.15) is 9.94 Å². The van der Waals surface area contributed by atoms with E-state index in [1.807, 2.05) is 24.3 Å². The molecule has 4 aromatic rings. The van der Waals surface area contributed by atoms with Gasteiger partial charge in [-0.05, 0) is 47.5 Å². The van der Waals surface area contributed by atoms with Crippen molar-refractivity contribution in [1.29, 1.82) is 5.26 Å². The largest absolute Gasteiger partial charge is 0.384 e. The molecule has 0 unspecified atom stereocenters. The minimum atomic E-state index is -0.698. The second-order valence-electron chi connectivity index (χ2n) is 8.72. The second-order valence-corrected chi connectivity index (χ2v) is 9.13. The molecule has 2 aromatic carbocycles. The van der Waals surface area contributed by atoms with Crippen LogP contribution in [0.2, 0.25) is 5.02 Å². The number of nitrogens with one attached hydrogen (secondary N) is 3. The third-order valence-corrected chi connectivity index (χ3v) is 6.55. The summed E-state index contributed by atoms with van der Waals surface area (Å²) in [5.74, 6) is -0.670. The van der Waals surface area contributed by atoms with Gasteiger partial charge in [0.2, 0.25) is 5.91 Å². The highest BCUT2D eigenvalue weighted by Crippen LogP contribution is 2.32. The molecular formula is C26H23ClFN9O. The lowest BCUT2D eigenvalue weighted by Crippen LogP contribution is -2.28. The van der Waals surface area contributed by atoms with Crippen LogP contribution in [0.25, 0.3) is 23.0 Å². The molecule has 3 N–H and O–H groups in total. The zero-order chi connectivity index (χ0) is 26.5. The van der Waals surface area contributed by atoms with Gasteiger partial charge in [-0.1, -0.05) is 42.6 Å². The first-order chi connectivity index (χ1) is 18.5. The van der Waals surface area contributed by atoms with Gasteiger partial charge in [-0.3, -0.25) is 4.79 Å². The van der Waals surface area contributed by atoms with E-state index in [2.05, 4.69) is 42.2 Å². The lowest BCUT2D eigenvalue weighted by Gasteiger charge is -2.17. The molecule has 0 aliphatic carbocycles. The summed E-state index contributed by atoms with van der Waals surface area (Å²) >= 11 is 5.98. The van der Waals surface area contributed by atoms with Crippen LogP contribution < -0.4 is 10.6 Å². The van der Waals surface area contributed by atoms with Crippen LogP contribution in [0.3, 0.4) is 0 Å². The molecule has 1 amide bonds. The predicted molar refractivity (Wildman–Crippen MR) is 140 cm³/mol. The molecule has 1 aliphatic rings. The number of tetrazole rings is 1. The first kappa shape index (κ1) is 25.1. The zero-order valence-corrected chi connectivity index (χ0v) is 20.9. The Morgan fingerprint density at radius 2 is 2.11 bits per heavy atom. The number of para-hydroxylation sites is 1. The number of amides is 1. The van der Waals surface area contributed by atoms with Crippen molar-refractivity contribution < 1.29 is 9.18 Å². The summed E-state index contributed by atoms with van der Waals surface area (Å²) in [6.45, 7) is 0.786. The Hall–Kier alpha value is -4.56. The Bertz CT molecular complexity index is 1520. The Labute approximate surface area is 222 Å². The van der Waals surface area contributed by atoms with Crippen LogP contribution in [0, 0.1) is 17.1 Å². The van der Waals surface area contributed by atoms with Crippen molar-refractivity contribution in [2.75, 3.05) is 11.9 Å². The standard InChI is InChI=1S/C26H23ClFN9O/c27-18-10-11-22(37-15-31-35-36-37)17(24(18)28)9-12-23(38)32-20-8-2-1-5-13-30-19-7-4-3-6-16(19)25-21(14-29)33-26(20)34-25/h3-4,6-7,9-12,15,20,30H,1-2,5,8,13H2,(H,32,38)(H,33,34)/b12-9+/t20-/m0/s1. The van der Waals surface area contributed by atoms with E-state index in [0.29, 0.717) is 23.6 Å². The molecule has 0 radical (unpaired) electrons. The van der Waals surface area contributed by atoms with Crippen molar-refractivity contribution in [3.8, 4) is 23.0 Å². The zero-order valence-electron chi connectivity index (χ0n) is 20.2. The number of H-pyrrole nitrogens is 1. The monoisotopic (exact) mass is 531 g/mol. The van der Waals surface area contributed by atoms with E-state index in [9.17, 15) is 14.4 Å². The van der Waals surface area contributed by atoms with Crippen molar-refractivity contribution >= 4 is 29.3 Å². The van der Waals surface area contributed by atoms with E-state index in [1.165, 1.54) is 29.2 Å². The average molecular weight is 532 g/mol. The molecule has 1 atom stereocenters. The number of carbonyl (C=O) groups excluding carboxylic acids is 1. The van der Waals surface area contributed by atoms with Crippen molar-refractivity contribution in [3.63, 3.8) is 0 Å². The number of hydrogen-bond acceptors (Lipinski definition) is 7. The van der Waals surface area contributed by atoms with Crippen LogP contribution in [0.5, 0.6) is 0 Å². The van der Waals surface area contributed by atoms with Crippen LogP contribution >= 0.6 is 11.6 Å². The molecule has 1 aliphatic heterocycles. The highest BCUT2D eigenvalue weighted by Gasteiger charge is 2.22. The number of hydrogen-bond donors (Lipinski definition) is 3. The minimum absolute atomic E-state index is 0.0646. The SMILES string of the molecule is N#Cc1nc2[nH]c1-c1ccccc1NCCCCC[C@@H]2NC(=O)/C=C/c1c(-n2cnnn2)ccc(Cl)c1F. The molecule has 2 aromatic heterocycles. The van der Waals surface area contributed by atoms with Crippen molar-refractivity contribution in [3.05, 3.63) is 76.7 Å². The number of halogens is 2. The molecule has 192 valence electrons. The number of carbonyl (C=O) groups is 1. The van der Waals surface area contributed by atoms with E-state index in [0.717, 1.165) is 37.1 Å². The summed E-state index contributed by atoms with van der Waals surface area (Å²) in [5.41, 5.74) is 2.97. The Kier molecular flexibility index (Phi) is 7.42. The lowest BCUT2D eigenvalue weighted by molar-refractivity contribution is -0.117. The lowest BCUT2D eigenvalue weighted by atomic mass is 10.1. The summed E-state index contributed by atoms with van der Waals surface area (Å²) in [6, 6.07) is 12.4. The van der Waals surface area contributed by atoms with Gasteiger partial charge < -0.3 is 15.6 Å². The Balaban J connectivity index is 1.44. The molecule has 0 saturated heterocycles. The van der Waals surface area contributed by atoms with Gasteiger partial charge in [0.25, 0.3) is 0 Å². The first-order valence-corrected chi connectivity index (χ1v) is 12.5. The summed E-state index contributed by atoms with van der Waals surface area (Å²) < 4.78 is 16.2. The highest BCUT2D eigenvalue weighted by molar-refractivity contribution is 6.31. The maximum absolute atomic E-state index is 14.9. The maximum atomic E-state index is 14.9.